The van der Waals surface area contributed by atoms with Gasteiger partial charge >= 0.3 is 0 Å². The van der Waals surface area contributed by atoms with Crippen molar-refractivity contribution in [2.75, 3.05) is 6.54 Å². The fourth-order valence-electron chi connectivity index (χ4n) is 2.47. The molecule has 0 fully saturated rings. The minimum Gasteiger partial charge on any atom is -0.309 e. The molecule has 1 heterocycles. The lowest BCUT2D eigenvalue weighted by Gasteiger charge is -2.18. The summed E-state index contributed by atoms with van der Waals surface area (Å²) < 4.78 is 2.67. The molecule has 0 bridgehead atoms. The van der Waals surface area contributed by atoms with Crippen molar-refractivity contribution in [3.05, 3.63) is 45.7 Å². The maximum Gasteiger partial charge on any atom is 0.153 e. The van der Waals surface area contributed by atoms with Crippen LogP contribution in [0.25, 0.3) is 0 Å². The summed E-state index contributed by atoms with van der Waals surface area (Å²) in [6.45, 7) is 5.18. The standard InChI is InChI=1S/C15H21BrN4/c1-4-17-13(14-15(16)18-19-20(14)3)9-8-12-7-5-6-11(2)10-12/h5-7,10,13,17H,4,8-9H2,1-3H3. The molecule has 0 spiro atoms. The molecule has 1 aromatic heterocycles. The highest BCUT2D eigenvalue weighted by atomic mass is 79.9. The van der Waals surface area contributed by atoms with Crippen LogP contribution < -0.4 is 5.32 Å². The van der Waals surface area contributed by atoms with Crippen molar-refractivity contribution >= 4 is 15.9 Å². The second kappa shape index (κ2) is 6.99. The second-order valence-corrected chi connectivity index (χ2v) is 5.78. The van der Waals surface area contributed by atoms with Gasteiger partial charge in [0, 0.05) is 7.05 Å². The lowest BCUT2D eigenvalue weighted by Crippen LogP contribution is -2.24. The van der Waals surface area contributed by atoms with E-state index in [0.29, 0.717) is 0 Å². The van der Waals surface area contributed by atoms with Crippen molar-refractivity contribution in [1.82, 2.24) is 20.3 Å². The van der Waals surface area contributed by atoms with Gasteiger partial charge in [-0.2, -0.15) is 0 Å². The average Bonchev–Trinajstić information content (AvgIpc) is 2.75. The lowest BCUT2D eigenvalue weighted by molar-refractivity contribution is 0.478. The number of rotatable bonds is 6. The maximum absolute atomic E-state index is 4.08. The molecule has 0 saturated heterocycles. The summed E-state index contributed by atoms with van der Waals surface area (Å²) in [6, 6.07) is 8.95. The van der Waals surface area contributed by atoms with Crippen LogP contribution in [0.2, 0.25) is 0 Å². The van der Waals surface area contributed by atoms with Crippen LogP contribution in [0.15, 0.2) is 28.9 Å². The quantitative estimate of drug-likeness (QED) is 0.880. The van der Waals surface area contributed by atoms with Gasteiger partial charge in [0.05, 0.1) is 11.7 Å². The van der Waals surface area contributed by atoms with Crippen molar-refractivity contribution < 1.29 is 0 Å². The first-order chi connectivity index (χ1) is 9.61. The first-order valence-electron chi connectivity index (χ1n) is 6.95. The topological polar surface area (TPSA) is 42.7 Å². The molecule has 20 heavy (non-hydrogen) atoms. The number of benzene rings is 1. The van der Waals surface area contributed by atoms with Crippen LogP contribution in [0, 0.1) is 6.92 Å². The third kappa shape index (κ3) is 3.67. The Morgan fingerprint density at radius 2 is 2.20 bits per heavy atom. The summed E-state index contributed by atoms with van der Waals surface area (Å²) in [5.41, 5.74) is 3.80. The highest BCUT2D eigenvalue weighted by Gasteiger charge is 2.19. The van der Waals surface area contributed by atoms with Gasteiger partial charge in [-0.3, -0.25) is 0 Å². The molecule has 2 rings (SSSR count). The fraction of sp³-hybridized carbons (Fsp3) is 0.467. The number of aromatic nitrogens is 3. The monoisotopic (exact) mass is 336 g/mol. The third-order valence-corrected chi connectivity index (χ3v) is 3.98. The van der Waals surface area contributed by atoms with Crippen molar-refractivity contribution in [1.29, 1.82) is 0 Å². The first kappa shape index (κ1) is 15.2. The Morgan fingerprint density at radius 3 is 2.80 bits per heavy atom. The largest absolute Gasteiger partial charge is 0.309 e. The van der Waals surface area contributed by atoms with E-state index in [1.54, 1.807) is 0 Å². The number of nitrogens with one attached hydrogen (secondary N) is 1. The molecule has 0 radical (unpaired) electrons. The van der Waals surface area contributed by atoms with Crippen LogP contribution in [0.4, 0.5) is 0 Å². The van der Waals surface area contributed by atoms with E-state index in [4.69, 9.17) is 0 Å². The van der Waals surface area contributed by atoms with E-state index < -0.39 is 0 Å². The van der Waals surface area contributed by atoms with Crippen molar-refractivity contribution in [2.24, 2.45) is 7.05 Å². The van der Waals surface area contributed by atoms with Crippen LogP contribution >= 0.6 is 15.9 Å². The minimum absolute atomic E-state index is 0.259. The summed E-state index contributed by atoms with van der Waals surface area (Å²) in [4.78, 5) is 0. The normalized spacial score (nSPS) is 12.6. The Hall–Kier alpha value is -1.20. The smallest absolute Gasteiger partial charge is 0.153 e. The van der Waals surface area contributed by atoms with Gasteiger partial charge in [-0.1, -0.05) is 42.0 Å². The van der Waals surface area contributed by atoms with Gasteiger partial charge in [-0.05, 0) is 47.8 Å². The van der Waals surface area contributed by atoms with Crippen molar-refractivity contribution in [2.45, 2.75) is 32.7 Å². The summed E-state index contributed by atoms with van der Waals surface area (Å²) in [6.07, 6.45) is 2.06. The van der Waals surface area contributed by atoms with Crippen molar-refractivity contribution in [3.63, 3.8) is 0 Å². The number of aryl methyl sites for hydroxylation is 3. The van der Waals surface area contributed by atoms with E-state index in [1.165, 1.54) is 11.1 Å². The molecule has 1 N–H and O–H groups in total. The molecule has 1 unspecified atom stereocenters. The summed E-state index contributed by atoms with van der Waals surface area (Å²) in [7, 11) is 1.93. The summed E-state index contributed by atoms with van der Waals surface area (Å²) in [5, 5.41) is 11.7. The third-order valence-electron chi connectivity index (χ3n) is 3.41. The molecule has 0 amide bonds. The average molecular weight is 337 g/mol. The fourth-order valence-corrected chi connectivity index (χ4v) is 3.07. The van der Waals surface area contributed by atoms with Crippen LogP contribution in [0.1, 0.15) is 36.2 Å². The Kier molecular flexibility index (Phi) is 5.31. The predicted molar refractivity (Wildman–Crippen MR) is 84.6 cm³/mol. The zero-order chi connectivity index (χ0) is 14.5. The molecule has 1 atom stereocenters. The Labute approximate surface area is 128 Å². The van der Waals surface area contributed by atoms with Crippen LogP contribution in [-0.2, 0) is 13.5 Å². The molecule has 2 aromatic rings. The van der Waals surface area contributed by atoms with E-state index in [1.807, 2.05) is 11.7 Å². The minimum atomic E-state index is 0.259. The molecule has 0 aliphatic heterocycles. The van der Waals surface area contributed by atoms with E-state index in [9.17, 15) is 0 Å². The maximum atomic E-state index is 4.08. The SMILES string of the molecule is CCNC(CCc1cccc(C)c1)c1c(Br)nnn1C. The molecule has 108 valence electrons. The van der Waals surface area contributed by atoms with Gasteiger partial charge in [-0.25, -0.2) is 4.68 Å². The summed E-state index contributed by atoms with van der Waals surface area (Å²) in [5.74, 6) is 0. The summed E-state index contributed by atoms with van der Waals surface area (Å²) >= 11 is 3.49. The molecule has 0 aliphatic carbocycles. The number of hydrogen-bond acceptors (Lipinski definition) is 3. The van der Waals surface area contributed by atoms with Gasteiger partial charge in [0.25, 0.3) is 0 Å². The van der Waals surface area contributed by atoms with Gasteiger partial charge in [0.2, 0.25) is 0 Å². The Bertz CT molecular complexity index is 545. The Balaban J connectivity index is 2.10. The van der Waals surface area contributed by atoms with E-state index in [0.717, 1.165) is 29.7 Å². The van der Waals surface area contributed by atoms with Crippen LogP contribution in [-0.4, -0.2) is 21.5 Å². The zero-order valence-corrected chi connectivity index (χ0v) is 13.8. The molecule has 1 aromatic carbocycles. The molecule has 4 nitrogen and oxygen atoms in total. The molecule has 0 aliphatic rings. The van der Waals surface area contributed by atoms with Crippen LogP contribution in [0.5, 0.6) is 0 Å². The van der Waals surface area contributed by atoms with Crippen LogP contribution in [0.3, 0.4) is 0 Å². The molecule has 0 saturated carbocycles. The van der Waals surface area contributed by atoms with Gasteiger partial charge in [0.1, 0.15) is 0 Å². The van der Waals surface area contributed by atoms with Gasteiger partial charge in [-0.15, -0.1) is 5.10 Å². The lowest BCUT2D eigenvalue weighted by atomic mass is 10.0. The number of nitrogens with zero attached hydrogens (tertiary/aromatic N) is 3. The zero-order valence-electron chi connectivity index (χ0n) is 12.2. The number of hydrogen-bond donors (Lipinski definition) is 1. The van der Waals surface area contributed by atoms with E-state index in [-0.39, 0.29) is 6.04 Å². The molecular weight excluding hydrogens is 316 g/mol. The van der Waals surface area contributed by atoms with E-state index >= 15 is 0 Å². The highest BCUT2D eigenvalue weighted by Crippen LogP contribution is 2.24. The highest BCUT2D eigenvalue weighted by molar-refractivity contribution is 9.10. The predicted octanol–water partition coefficient (Wildman–Crippen LogP) is 3.17. The molecule has 5 heteroatoms. The second-order valence-electron chi connectivity index (χ2n) is 5.03. The first-order valence-corrected chi connectivity index (χ1v) is 7.75. The van der Waals surface area contributed by atoms with E-state index in [2.05, 4.69) is 69.7 Å². The van der Waals surface area contributed by atoms with Gasteiger partial charge in [0.15, 0.2) is 4.60 Å². The number of halogens is 1. The molecular formula is C15H21BrN4. The Morgan fingerprint density at radius 1 is 1.40 bits per heavy atom. The van der Waals surface area contributed by atoms with Gasteiger partial charge < -0.3 is 5.32 Å². The van der Waals surface area contributed by atoms with Crippen molar-refractivity contribution in [3.8, 4) is 0 Å².